The highest BCUT2D eigenvalue weighted by Gasteiger charge is 2.79. The molecule has 6 aliphatic carbocycles. The first-order valence-electron chi connectivity index (χ1n) is 15.7. The van der Waals surface area contributed by atoms with Gasteiger partial charge in [-0.1, -0.05) is 42.5 Å². The Morgan fingerprint density at radius 2 is 1.93 bits per heavy atom. The molecule has 4 bridgehead atoms. The normalized spacial score (nSPS) is 39.0. The average Bonchev–Trinajstić information content (AvgIpc) is 3.94. The summed E-state index contributed by atoms with van der Waals surface area (Å²) in [6.07, 6.45) is 9.81. The summed E-state index contributed by atoms with van der Waals surface area (Å²) in [5.41, 5.74) is 3.80. The molecule has 6 nitrogen and oxygen atoms in total. The minimum absolute atomic E-state index is 0.119. The highest BCUT2D eigenvalue weighted by atomic mass is 16.6. The van der Waals surface area contributed by atoms with Crippen LogP contribution < -0.4 is 9.47 Å². The smallest absolute Gasteiger partial charge is 0.252 e. The van der Waals surface area contributed by atoms with Crippen molar-refractivity contribution in [3.63, 3.8) is 0 Å². The maximum Gasteiger partial charge on any atom is 0.252 e. The van der Waals surface area contributed by atoms with Crippen LogP contribution in [0.2, 0.25) is 0 Å². The maximum absolute atomic E-state index is 14.6. The zero-order valence-corrected chi connectivity index (χ0v) is 24.4. The third kappa shape index (κ3) is 2.93. The molecule has 7 atom stereocenters. The molecule has 0 unspecified atom stereocenters. The first-order valence-corrected chi connectivity index (χ1v) is 15.7. The standard InChI is InChI=1S/C35H40N2O4/c1-36(26-18-24(26)22-7-5-4-6-8-22)31(38)25-19-33-13-14-35(25,40-3)32-34(33)15-16-37(20-21-9-10-21)28(33)17-23-11-12-27(39-2)30(41-32)29(23)34/h4-8,11-12,19,21,24,26,28,32H,9-10,13-18,20H2,1-3H3/t24-,26+,28-,32-,33-,34+,35-/m1/s1. The molecular weight excluding hydrogens is 512 g/mol. The van der Waals surface area contributed by atoms with E-state index in [1.54, 1.807) is 14.2 Å². The molecule has 2 aromatic carbocycles. The van der Waals surface area contributed by atoms with E-state index in [1.807, 2.05) is 11.9 Å². The lowest BCUT2D eigenvalue weighted by atomic mass is 9.37. The number of nitrogens with zero attached hydrogens (tertiary/aromatic N) is 2. The van der Waals surface area contributed by atoms with Gasteiger partial charge < -0.3 is 19.1 Å². The summed E-state index contributed by atoms with van der Waals surface area (Å²) in [5.74, 6) is 3.05. The molecule has 41 heavy (non-hydrogen) atoms. The number of ether oxygens (including phenoxy) is 3. The van der Waals surface area contributed by atoms with Gasteiger partial charge >= 0.3 is 0 Å². The predicted molar refractivity (Wildman–Crippen MR) is 155 cm³/mol. The Hall–Kier alpha value is -2.83. The fraction of sp³-hybridized carbons (Fsp3) is 0.571. The van der Waals surface area contributed by atoms with Crippen LogP contribution in [-0.4, -0.2) is 73.9 Å². The highest BCUT2D eigenvalue weighted by Crippen LogP contribution is 2.75. The van der Waals surface area contributed by atoms with E-state index in [9.17, 15) is 4.79 Å². The van der Waals surface area contributed by atoms with Crippen molar-refractivity contribution in [3.8, 4) is 11.5 Å². The van der Waals surface area contributed by atoms with E-state index in [-0.39, 0.29) is 28.9 Å². The summed E-state index contributed by atoms with van der Waals surface area (Å²) >= 11 is 0. The first-order chi connectivity index (χ1) is 20.0. The predicted octanol–water partition coefficient (Wildman–Crippen LogP) is 4.85. The number of fused-ring (bicyclic) bond motifs is 1. The molecule has 2 spiro atoms. The number of rotatable bonds is 7. The van der Waals surface area contributed by atoms with Crippen LogP contribution in [0.25, 0.3) is 0 Å². The Bertz CT molecular complexity index is 1480. The van der Waals surface area contributed by atoms with Gasteiger partial charge in [-0.3, -0.25) is 9.69 Å². The summed E-state index contributed by atoms with van der Waals surface area (Å²) in [4.78, 5) is 19.5. The van der Waals surface area contributed by atoms with Crippen LogP contribution in [0.5, 0.6) is 11.5 Å². The van der Waals surface area contributed by atoms with Gasteiger partial charge in [0, 0.05) is 55.3 Å². The Balaban J connectivity index is 1.18. The summed E-state index contributed by atoms with van der Waals surface area (Å²) in [6.45, 7) is 2.26. The average molecular weight is 553 g/mol. The van der Waals surface area contributed by atoms with Crippen molar-refractivity contribution >= 4 is 5.91 Å². The van der Waals surface area contributed by atoms with Crippen molar-refractivity contribution in [2.24, 2.45) is 11.3 Å². The minimum atomic E-state index is -0.772. The van der Waals surface area contributed by atoms with Gasteiger partial charge in [0.15, 0.2) is 11.5 Å². The van der Waals surface area contributed by atoms with Crippen LogP contribution in [0.1, 0.15) is 61.1 Å². The van der Waals surface area contributed by atoms with E-state index in [4.69, 9.17) is 14.2 Å². The molecule has 0 aromatic heterocycles. The van der Waals surface area contributed by atoms with E-state index in [0.29, 0.717) is 12.0 Å². The minimum Gasteiger partial charge on any atom is -0.493 e. The summed E-state index contributed by atoms with van der Waals surface area (Å²) < 4.78 is 19.6. The number of hydrogen-bond acceptors (Lipinski definition) is 5. The fourth-order valence-electron chi connectivity index (χ4n) is 10.3. The second-order valence-electron chi connectivity index (χ2n) is 13.9. The van der Waals surface area contributed by atoms with E-state index < -0.39 is 5.60 Å². The van der Waals surface area contributed by atoms with E-state index in [2.05, 4.69) is 53.4 Å². The number of carbonyl (C=O) groups is 1. The lowest BCUT2D eigenvalue weighted by Gasteiger charge is -2.70. The second-order valence-corrected chi connectivity index (χ2v) is 13.9. The second kappa shape index (κ2) is 8.17. The molecule has 2 aromatic rings. The van der Waals surface area contributed by atoms with E-state index in [1.165, 1.54) is 36.1 Å². The van der Waals surface area contributed by atoms with Crippen LogP contribution in [-0.2, 0) is 21.4 Å². The largest absolute Gasteiger partial charge is 0.493 e. The molecule has 3 saturated carbocycles. The fourth-order valence-corrected chi connectivity index (χ4v) is 10.3. The third-order valence-electron chi connectivity index (χ3n) is 12.4. The Morgan fingerprint density at radius 3 is 2.68 bits per heavy atom. The van der Waals surface area contributed by atoms with Crippen molar-refractivity contribution in [3.05, 3.63) is 70.8 Å². The van der Waals surface area contributed by atoms with Crippen LogP contribution in [0, 0.1) is 11.3 Å². The molecule has 2 aliphatic heterocycles. The van der Waals surface area contributed by atoms with Crippen LogP contribution in [0.4, 0.5) is 0 Å². The quantitative estimate of drug-likeness (QED) is 0.492. The van der Waals surface area contributed by atoms with Crippen LogP contribution >= 0.6 is 0 Å². The lowest BCUT2D eigenvalue weighted by Crippen LogP contribution is -2.78. The zero-order chi connectivity index (χ0) is 27.7. The highest BCUT2D eigenvalue weighted by molar-refractivity contribution is 5.97. The molecule has 10 rings (SSSR count). The maximum atomic E-state index is 14.6. The molecule has 8 aliphatic rings. The number of benzene rings is 2. The zero-order valence-electron chi connectivity index (χ0n) is 24.4. The first kappa shape index (κ1) is 24.7. The number of likely N-dealkylation sites (N-methyl/N-ethyl adjacent to an activating group) is 1. The van der Waals surface area contributed by atoms with Crippen LogP contribution in [0.15, 0.2) is 54.1 Å². The van der Waals surface area contributed by atoms with Gasteiger partial charge in [-0.15, -0.1) is 0 Å². The number of likely N-dealkylation sites (tertiary alicyclic amines) is 1. The van der Waals surface area contributed by atoms with Gasteiger partial charge in [0.05, 0.1) is 12.5 Å². The molecule has 214 valence electrons. The van der Waals surface area contributed by atoms with Gasteiger partial charge in [-0.05, 0) is 74.6 Å². The van der Waals surface area contributed by atoms with Gasteiger partial charge in [-0.2, -0.15) is 0 Å². The molecule has 0 N–H and O–H groups in total. The lowest BCUT2D eigenvalue weighted by molar-refractivity contribution is -0.198. The van der Waals surface area contributed by atoms with E-state index >= 15 is 0 Å². The van der Waals surface area contributed by atoms with Crippen molar-refractivity contribution in [1.29, 1.82) is 0 Å². The van der Waals surface area contributed by atoms with Crippen molar-refractivity contribution < 1.29 is 19.0 Å². The number of amides is 1. The topological polar surface area (TPSA) is 51.2 Å². The molecule has 1 saturated heterocycles. The van der Waals surface area contributed by atoms with Crippen molar-refractivity contribution in [2.75, 3.05) is 34.4 Å². The molecule has 1 amide bonds. The number of hydrogen-bond donors (Lipinski definition) is 0. The number of methoxy groups -OCH3 is 2. The van der Waals surface area contributed by atoms with Crippen molar-refractivity contribution in [2.45, 2.75) is 80.1 Å². The van der Waals surface area contributed by atoms with Crippen molar-refractivity contribution in [1.82, 2.24) is 9.80 Å². The number of carbonyl (C=O) groups excluding carboxylic acids is 1. The molecule has 4 fully saturated rings. The number of piperidine rings is 1. The van der Waals surface area contributed by atoms with Crippen LogP contribution in [0.3, 0.4) is 0 Å². The van der Waals surface area contributed by atoms with Gasteiger partial charge in [-0.25, -0.2) is 0 Å². The van der Waals surface area contributed by atoms with E-state index in [0.717, 1.165) is 61.6 Å². The van der Waals surface area contributed by atoms with Gasteiger partial charge in [0.2, 0.25) is 0 Å². The Morgan fingerprint density at radius 1 is 1.10 bits per heavy atom. The van der Waals surface area contributed by atoms with Gasteiger partial charge in [0.25, 0.3) is 5.91 Å². The monoisotopic (exact) mass is 552 g/mol. The Labute approximate surface area is 242 Å². The van der Waals surface area contributed by atoms with Gasteiger partial charge in [0.1, 0.15) is 11.7 Å². The SMILES string of the molecule is COc1ccc2c3c1O[C@@H]1[C@]34CCN(CC3CC3)[C@H](C2)[C@@]42C=C(C(=O)N(C)[C@H]3C[C@@H]3c3ccccc3)[C@]1(OC)CC2. The molecule has 0 radical (unpaired) electrons. The summed E-state index contributed by atoms with van der Waals surface area (Å²) in [6, 6.07) is 15.6. The molecular formula is C35H40N2O4. The molecule has 2 heterocycles. The Kier molecular flexibility index (Phi) is 4.93. The molecule has 6 heteroatoms. The summed E-state index contributed by atoms with van der Waals surface area (Å²) in [7, 11) is 5.54. The third-order valence-corrected chi connectivity index (χ3v) is 12.4. The summed E-state index contributed by atoms with van der Waals surface area (Å²) in [5, 5.41) is 0.